The van der Waals surface area contributed by atoms with Crippen LogP contribution in [-0.2, 0) is 18.9 Å². The smallest absolute Gasteiger partial charge is 0.343 e. The molecule has 0 radical (unpaired) electrons. The van der Waals surface area contributed by atoms with Gasteiger partial charge in [-0.2, -0.15) is 0 Å². The molecule has 0 N–H and O–H groups in total. The monoisotopic (exact) mass is 1240 g/mol. The molecule has 2 aliphatic rings. The number of esters is 4. The van der Waals surface area contributed by atoms with Crippen molar-refractivity contribution in [2.24, 2.45) is 10.8 Å². The Hall–Kier alpha value is -6.98. The molecule has 0 aromatic heterocycles. The number of hydrogen-bond donors (Lipinski definition) is 0. The summed E-state index contributed by atoms with van der Waals surface area (Å²) < 4.78 is 70.7. The molecule has 5 aromatic carbocycles. The van der Waals surface area contributed by atoms with Gasteiger partial charge in [-0.25, -0.2) is 19.2 Å². The standard InChI is InChI=1S/C74H98O16/c1-5-9-11-13-15-23-45-83-61-35-27-57(28-36-61)69(75)87-65-49-68(90-72(78)60-33-41-64(42-34-60)86-48-26-20-18-22-44-80-52-74(8-4)55-82-56-74)66(88-70(76)58-29-37-62(38-30-58)84-46-24-16-14-12-10-6-2)50-67(65)89-71(77)59-31-39-63(40-32-59)85-47-25-19-17-21-43-79-51-73(7-3)53-81-54-73/h27-42,49-50H,5-26,43-48,51-56H2,1-4H3. The van der Waals surface area contributed by atoms with Crippen LogP contribution in [0.15, 0.2) is 109 Å². The average Bonchev–Trinajstić information content (AvgIpc) is 1.00. The number of benzene rings is 5. The van der Waals surface area contributed by atoms with Gasteiger partial charge in [0, 0.05) is 36.2 Å². The van der Waals surface area contributed by atoms with E-state index < -0.39 is 23.9 Å². The van der Waals surface area contributed by atoms with Crippen molar-refractivity contribution in [1.82, 2.24) is 0 Å². The van der Waals surface area contributed by atoms with Crippen molar-refractivity contribution in [1.29, 1.82) is 0 Å². The molecule has 0 aliphatic carbocycles. The van der Waals surface area contributed by atoms with Gasteiger partial charge in [0.25, 0.3) is 0 Å². The lowest BCUT2D eigenvalue weighted by molar-refractivity contribution is -0.150. The minimum atomic E-state index is -0.825. The van der Waals surface area contributed by atoms with Crippen molar-refractivity contribution < 1.29 is 76.0 Å². The molecule has 0 bridgehead atoms. The molecule has 490 valence electrons. The summed E-state index contributed by atoms with van der Waals surface area (Å²) in [6.07, 6.45) is 23.2. The van der Waals surface area contributed by atoms with Crippen LogP contribution in [0.5, 0.6) is 46.0 Å². The Morgan fingerprint density at radius 3 is 0.778 bits per heavy atom. The van der Waals surface area contributed by atoms with Crippen molar-refractivity contribution in [3.05, 3.63) is 131 Å². The van der Waals surface area contributed by atoms with Crippen LogP contribution in [0.25, 0.3) is 0 Å². The highest BCUT2D eigenvalue weighted by atomic mass is 16.6. The maximum atomic E-state index is 14.1. The second-order valence-corrected chi connectivity index (χ2v) is 24.0. The van der Waals surface area contributed by atoms with Crippen LogP contribution in [0, 0.1) is 10.8 Å². The summed E-state index contributed by atoms with van der Waals surface area (Å²) >= 11 is 0. The first-order valence-corrected chi connectivity index (χ1v) is 33.3. The molecular formula is C74H98O16. The molecule has 16 nitrogen and oxygen atoms in total. The molecule has 2 fully saturated rings. The second-order valence-electron chi connectivity index (χ2n) is 24.0. The number of rotatable bonds is 46. The zero-order valence-electron chi connectivity index (χ0n) is 54.0. The van der Waals surface area contributed by atoms with Gasteiger partial charge in [-0.3, -0.25) is 0 Å². The molecule has 16 heteroatoms. The maximum absolute atomic E-state index is 14.1. The van der Waals surface area contributed by atoms with Gasteiger partial charge in [0.15, 0.2) is 23.0 Å². The fourth-order valence-electron chi connectivity index (χ4n) is 10.2. The molecule has 0 unspecified atom stereocenters. The van der Waals surface area contributed by atoms with Gasteiger partial charge in [-0.1, -0.05) is 105 Å². The first-order valence-electron chi connectivity index (χ1n) is 33.3. The van der Waals surface area contributed by atoms with Gasteiger partial charge >= 0.3 is 23.9 Å². The SMILES string of the molecule is CCCCCCCCOc1ccc(C(=O)Oc2cc(OC(=O)c3ccc(OCCCCCCOCC4(CC)COC4)cc3)c(OC(=O)c3ccc(OCCCCCCCC)cc3)cc2OC(=O)c2ccc(OCCCCCCOCC3(CC)COC3)cc2)cc1. The van der Waals surface area contributed by atoms with Crippen molar-refractivity contribution in [3.63, 3.8) is 0 Å². The molecule has 7 rings (SSSR count). The van der Waals surface area contributed by atoms with Gasteiger partial charge in [0.2, 0.25) is 0 Å². The molecule has 2 saturated heterocycles. The van der Waals surface area contributed by atoms with E-state index in [9.17, 15) is 19.2 Å². The molecule has 2 heterocycles. The zero-order valence-corrected chi connectivity index (χ0v) is 54.0. The van der Waals surface area contributed by atoms with E-state index in [0.29, 0.717) is 49.4 Å². The quantitative estimate of drug-likeness (QED) is 0.0204. The van der Waals surface area contributed by atoms with Gasteiger partial charge in [0.05, 0.1) is 88.3 Å². The molecule has 5 aromatic rings. The van der Waals surface area contributed by atoms with E-state index in [-0.39, 0.29) is 56.1 Å². The van der Waals surface area contributed by atoms with E-state index in [1.54, 1.807) is 97.1 Å². The number of carbonyl (C=O) groups is 4. The molecule has 2 aliphatic heterocycles. The summed E-state index contributed by atoms with van der Waals surface area (Å²) in [5.74, 6) is -2.19. The van der Waals surface area contributed by atoms with Crippen molar-refractivity contribution in [3.8, 4) is 46.0 Å². The zero-order chi connectivity index (χ0) is 63.5. The second kappa shape index (κ2) is 39.3. The van der Waals surface area contributed by atoms with Gasteiger partial charge in [0.1, 0.15) is 23.0 Å². The third-order valence-corrected chi connectivity index (χ3v) is 16.6. The van der Waals surface area contributed by atoms with Crippen LogP contribution in [0.4, 0.5) is 0 Å². The molecule has 90 heavy (non-hydrogen) atoms. The Labute approximate surface area is 534 Å². The highest BCUT2D eigenvalue weighted by Gasteiger charge is 2.38. The van der Waals surface area contributed by atoms with Crippen LogP contribution in [0.1, 0.15) is 210 Å². The Balaban J connectivity index is 1.04. The van der Waals surface area contributed by atoms with Crippen LogP contribution in [0.2, 0.25) is 0 Å². The van der Waals surface area contributed by atoms with Crippen molar-refractivity contribution >= 4 is 23.9 Å². The number of ether oxygens (including phenoxy) is 12. The van der Waals surface area contributed by atoms with E-state index in [1.807, 2.05) is 0 Å². The summed E-state index contributed by atoms with van der Waals surface area (Å²) in [7, 11) is 0. The van der Waals surface area contributed by atoms with E-state index >= 15 is 0 Å². The minimum absolute atomic E-state index is 0.149. The van der Waals surface area contributed by atoms with Gasteiger partial charge < -0.3 is 56.8 Å². The van der Waals surface area contributed by atoms with Crippen LogP contribution in [-0.4, -0.2) is 103 Å². The van der Waals surface area contributed by atoms with E-state index in [2.05, 4.69) is 27.7 Å². The van der Waals surface area contributed by atoms with E-state index in [1.165, 1.54) is 50.7 Å². The molecule has 0 saturated carbocycles. The van der Waals surface area contributed by atoms with Crippen LogP contribution in [0.3, 0.4) is 0 Å². The maximum Gasteiger partial charge on any atom is 0.343 e. The number of hydrogen-bond acceptors (Lipinski definition) is 16. The Morgan fingerprint density at radius 1 is 0.322 bits per heavy atom. The molecule has 0 atom stereocenters. The van der Waals surface area contributed by atoms with Crippen LogP contribution < -0.4 is 37.9 Å². The first-order chi connectivity index (χ1) is 44.0. The van der Waals surface area contributed by atoms with Crippen molar-refractivity contribution in [2.45, 2.75) is 169 Å². The fourth-order valence-corrected chi connectivity index (χ4v) is 10.2. The predicted octanol–water partition coefficient (Wildman–Crippen LogP) is 16.8. The lowest BCUT2D eigenvalue weighted by atomic mass is 9.84. The van der Waals surface area contributed by atoms with Gasteiger partial charge in [-0.15, -0.1) is 0 Å². The molecule has 0 spiro atoms. The topological polar surface area (TPSA) is 179 Å². The van der Waals surface area contributed by atoms with E-state index in [4.69, 9.17) is 56.8 Å². The third kappa shape index (κ3) is 24.0. The lowest BCUT2D eigenvalue weighted by Gasteiger charge is -2.40. The first kappa shape index (κ1) is 70.5. The summed E-state index contributed by atoms with van der Waals surface area (Å²) in [5.41, 5.74) is 0.980. The Kier molecular flexibility index (Phi) is 30.8. The molecule has 0 amide bonds. The number of carbonyl (C=O) groups excluding carboxylic acids is 4. The van der Waals surface area contributed by atoms with Crippen molar-refractivity contribution in [2.75, 3.05) is 79.3 Å². The normalized spacial score (nSPS) is 13.7. The van der Waals surface area contributed by atoms with Crippen LogP contribution >= 0.6 is 0 Å². The summed E-state index contributed by atoms with van der Waals surface area (Å²) in [6, 6.07) is 28.3. The third-order valence-electron chi connectivity index (χ3n) is 16.6. The highest BCUT2D eigenvalue weighted by molar-refractivity contribution is 5.96. The lowest BCUT2D eigenvalue weighted by Crippen LogP contribution is -2.45. The highest BCUT2D eigenvalue weighted by Crippen LogP contribution is 2.42. The fraction of sp³-hybridized carbons (Fsp3) is 0.541. The Morgan fingerprint density at radius 2 is 0.556 bits per heavy atom. The number of unbranched alkanes of at least 4 members (excludes halogenated alkanes) is 16. The molecular weight excluding hydrogens is 1140 g/mol. The minimum Gasteiger partial charge on any atom is -0.494 e. The van der Waals surface area contributed by atoms with E-state index in [0.717, 1.165) is 156 Å². The average molecular weight is 1240 g/mol. The van der Waals surface area contributed by atoms with Gasteiger partial charge in [-0.05, 0) is 161 Å². The predicted molar refractivity (Wildman–Crippen MR) is 346 cm³/mol. The summed E-state index contributed by atoms with van der Waals surface area (Å²) in [4.78, 5) is 56.3. The Bertz CT molecular complexity index is 2670. The summed E-state index contributed by atoms with van der Waals surface area (Å²) in [5, 5.41) is 0. The summed E-state index contributed by atoms with van der Waals surface area (Å²) in [6.45, 7) is 16.8. The largest absolute Gasteiger partial charge is 0.494 e.